The van der Waals surface area contributed by atoms with Crippen molar-refractivity contribution < 1.29 is 9.18 Å². The van der Waals surface area contributed by atoms with Crippen molar-refractivity contribution in [2.45, 2.75) is 26.2 Å². The second-order valence-electron chi connectivity index (χ2n) is 4.97. The predicted octanol–water partition coefficient (Wildman–Crippen LogP) is 2.52. The Morgan fingerprint density at radius 1 is 1.63 bits per heavy atom. The van der Waals surface area contributed by atoms with E-state index in [0.717, 1.165) is 32.1 Å². The molecule has 1 atom stereocenters. The van der Waals surface area contributed by atoms with Crippen molar-refractivity contribution in [1.29, 1.82) is 0 Å². The first-order valence-electron chi connectivity index (χ1n) is 6.78. The summed E-state index contributed by atoms with van der Waals surface area (Å²) >= 11 is 0. The molecule has 4 nitrogen and oxygen atoms in total. The first kappa shape index (κ1) is 13.8. The molecule has 1 fully saturated rings. The lowest BCUT2D eigenvalue weighted by atomic mass is 9.95. The molecule has 2 heterocycles. The zero-order valence-corrected chi connectivity index (χ0v) is 11.4. The molecule has 104 valence electrons. The lowest BCUT2D eigenvalue weighted by Crippen LogP contribution is -2.40. The van der Waals surface area contributed by atoms with Crippen molar-refractivity contribution in [3.63, 3.8) is 0 Å². The third-order valence-electron chi connectivity index (χ3n) is 3.71. The van der Waals surface area contributed by atoms with Gasteiger partial charge in [0, 0.05) is 20.1 Å². The van der Waals surface area contributed by atoms with Gasteiger partial charge < -0.3 is 10.2 Å². The van der Waals surface area contributed by atoms with E-state index in [-0.39, 0.29) is 5.91 Å². The second-order valence-corrected chi connectivity index (χ2v) is 4.97. The number of piperidine rings is 1. The van der Waals surface area contributed by atoms with Crippen molar-refractivity contribution in [3.8, 4) is 0 Å². The first-order valence-corrected chi connectivity index (χ1v) is 6.78. The maximum Gasteiger partial charge on any atom is 0.257 e. The van der Waals surface area contributed by atoms with Gasteiger partial charge in [-0.2, -0.15) is 0 Å². The van der Waals surface area contributed by atoms with Gasteiger partial charge in [0.25, 0.3) is 5.91 Å². The maximum absolute atomic E-state index is 13.3. The molecule has 0 spiro atoms. The monoisotopic (exact) mass is 265 g/mol. The highest BCUT2D eigenvalue weighted by molar-refractivity contribution is 5.98. The zero-order valence-electron chi connectivity index (χ0n) is 11.4. The molecule has 5 heteroatoms. The minimum absolute atomic E-state index is 0.130. The van der Waals surface area contributed by atoms with Crippen LogP contribution >= 0.6 is 0 Å². The molecule has 0 saturated carbocycles. The number of aromatic nitrogens is 1. The van der Waals surface area contributed by atoms with Crippen LogP contribution in [-0.4, -0.2) is 35.9 Å². The summed E-state index contributed by atoms with van der Waals surface area (Å²) in [5.74, 6) is 0.378. The molecule has 1 aliphatic heterocycles. The summed E-state index contributed by atoms with van der Waals surface area (Å²) in [6.07, 6.45) is 4.38. The molecule has 1 saturated heterocycles. The first-order chi connectivity index (χ1) is 9.15. The largest absolute Gasteiger partial charge is 0.372 e. The lowest BCUT2D eigenvalue weighted by molar-refractivity contribution is 0.0671. The molecule has 1 aromatic rings. The summed E-state index contributed by atoms with van der Waals surface area (Å²) < 4.78 is 13.3. The van der Waals surface area contributed by atoms with Crippen molar-refractivity contribution in [3.05, 3.63) is 23.6 Å². The Bertz CT molecular complexity index is 464. The molecule has 1 N–H and O–H groups in total. The highest BCUT2D eigenvalue weighted by atomic mass is 19.1. The Morgan fingerprint density at radius 3 is 3.11 bits per heavy atom. The number of carbonyl (C=O) groups is 1. The van der Waals surface area contributed by atoms with Crippen molar-refractivity contribution in [1.82, 2.24) is 9.88 Å². The fourth-order valence-electron chi connectivity index (χ4n) is 2.55. The summed E-state index contributed by atoms with van der Waals surface area (Å²) in [6.45, 7) is 3.64. The fourth-order valence-corrected chi connectivity index (χ4v) is 2.55. The molecular weight excluding hydrogens is 245 g/mol. The van der Waals surface area contributed by atoms with Gasteiger partial charge in [0.05, 0.1) is 11.8 Å². The van der Waals surface area contributed by atoms with Gasteiger partial charge in [0.15, 0.2) is 0 Å². The normalized spacial score (nSPS) is 19.3. The Hall–Kier alpha value is -1.65. The number of pyridine rings is 1. The molecule has 1 aromatic heterocycles. The average Bonchev–Trinajstić information content (AvgIpc) is 2.46. The molecule has 2 rings (SSSR count). The maximum atomic E-state index is 13.3. The molecule has 1 aliphatic rings. The Labute approximate surface area is 113 Å². The molecule has 1 amide bonds. The zero-order chi connectivity index (χ0) is 13.8. The molecule has 1 unspecified atom stereocenters. The van der Waals surface area contributed by atoms with Crippen LogP contribution in [0.5, 0.6) is 0 Å². The number of anilines is 1. The Morgan fingerprint density at radius 2 is 2.42 bits per heavy atom. The van der Waals surface area contributed by atoms with Crippen LogP contribution < -0.4 is 5.32 Å². The fraction of sp³-hybridized carbons (Fsp3) is 0.571. The van der Waals surface area contributed by atoms with E-state index in [0.29, 0.717) is 17.3 Å². The quantitative estimate of drug-likeness (QED) is 0.913. The summed E-state index contributed by atoms with van der Waals surface area (Å²) in [5, 5.41) is 2.84. The van der Waals surface area contributed by atoms with E-state index in [1.165, 1.54) is 12.5 Å². The van der Waals surface area contributed by atoms with Crippen molar-refractivity contribution in [2.24, 2.45) is 5.92 Å². The van der Waals surface area contributed by atoms with E-state index >= 15 is 0 Å². The van der Waals surface area contributed by atoms with Crippen molar-refractivity contribution in [2.75, 3.05) is 25.5 Å². The molecule has 0 aliphatic carbocycles. The molecular formula is C14H20FN3O. The van der Waals surface area contributed by atoms with Gasteiger partial charge >= 0.3 is 0 Å². The summed E-state index contributed by atoms with van der Waals surface area (Å²) in [7, 11) is 1.68. The number of likely N-dealkylation sites (tertiary alicyclic amines) is 1. The highest BCUT2D eigenvalue weighted by Crippen LogP contribution is 2.23. The second kappa shape index (κ2) is 5.99. The Kier molecular flexibility index (Phi) is 4.35. The van der Waals surface area contributed by atoms with Crippen LogP contribution in [0.15, 0.2) is 12.3 Å². The number of hydrogen-bond donors (Lipinski definition) is 1. The summed E-state index contributed by atoms with van der Waals surface area (Å²) in [5.41, 5.74) is 0.319. The van der Waals surface area contributed by atoms with Crippen LogP contribution in [-0.2, 0) is 0 Å². The Balaban J connectivity index is 2.21. The average molecular weight is 265 g/mol. The summed E-state index contributed by atoms with van der Waals surface area (Å²) in [4.78, 5) is 18.2. The standard InChI is InChI=1S/C14H20FN3O/c1-3-10-5-4-6-18(9-10)14(19)12-7-11(15)8-17-13(12)16-2/h7-8,10H,3-6,9H2,1-2H3,(H,16,17). The van der Waals surface area contributed by atoms with Gasteiger partial charge in [-0.3, -0.25) is 4.79 Å². The van der Waals surface area contributed by atoms with E-state index in [2.05, 4.69) is 17.2 Å². The van der Waals surface area contributed by atoms with Crippen LogP contribution in [0.3, 0.4) is 0 Å². The van der Waals surface area contributed by atoms with Crippen LogP contribution in [0.4, 0.5) is 10.2 Å². The number of rotatable bonds is 3. The van der Waals surface area contributed by atoms with E-state index in [1.807, 2.05) is 4.90 Å². The topological polar surface area (TPSA) is 45.2 Å². The summed E-state index contributed by atoms with van der Waals surface area (Å²) in [6, 6.07) is 1.26. The minimum Gasteiger partial charge on any atom is -0.372 e. The number of carbonyl (C=O) groups excluding carboxylic acids is 1. The van der Waals surface area contributed by atoms with Gasteiger partial charge in [-0.25, -0.2) is 9.37 Å². The van der Waals surface area contributed by atoms with Crippen LogP contribution in [0, 0.1) is 11.7 Å². The van der Waals surface area contributed by atoms with Gasteiger partial charge in [0.1, 0.15) is 11.6 Å². The van der Waals surface area contributed by atoms with Gasteiger partial charge in [0.2, 0.25) is 0 Å². The molecule has 0 aromatic carbocycles. The number of nitrogens with one attached hydrogen (secondary N) is 1. The number of nitrogens with zero attached hydrogens (tertiary/aromatic N) is 2. The molecule has 0 bridgehead atoms. The van der Waals surface area contributed by atoms with Gasteiger partial charge in [-0.15, -0.1) is 0 Å². The van der Waals surface area contributed by atoms with Crippen LogP contribution in [0.2, 0.25) is 0 Å². The van der Waals surface area contributed by atoms with Crippen LogP contribution in [0.25, 0.3) is 0 Å². The van der Waals surface area contributed by atoms with Gasteiger partial charge in [-0.1, -0.05) is 13.3 Å². The van der Waals surface area contributed by atoms with E-state index < -0.39 is 5.82 Å². The number of halogens is 1. The molecule has 0 radical (unpaired) electrons. The van der Waals surface area contributed by atoms with Crippen LogP contribution in [0.1, 0.15) is 36.5 Å². The lowest BCUT2D eigenvalue weighted by Gasteiger charge is -2.32. The number of hydrogen-bond acceptors (Lipinski definition) is 3. The van der Waals surface area contributed by atoms with E-state index in [1.54, 1.807) is 7.05 Å². The molecule has 19 heavy (non-hydrogen) atoms. The SMILES string of the molecule is CCC1CCCN(C(=O)c2cc(F)cnc2NC)C1. The smallest absolute Gasteiger partial charge is 0.257 e. The highest BCUT2D eigenvalue weighted by Gasteiger charge is 2.25. The van der Waals surface area contributed by atoms with E-state index in [4.69, 9.17) is 0 Å². The van der Waals surface area contributed by atoms with Crippen molar-refractivity contribution >= 4 is 11.7 Å². The third-order valence-corrected chi connectivity index (χ3v) is 3.71. The van der Waals surface area contributed by atoms with E-state index in [9.17, 15) is 9.18 Å². The minimum atomic E-state index is -0.480. The number of amides is 1. The third kappa shape index (κ3) is 3.03. The van der Waals surface area contributed by atoms with Gasteiger partial charge in [-0.05, 0) is 24.8 Å². The predicted molar refractivity (Wildman–Crippen MR) is 72.7 cm³/mol.